The molecule has 0 unspecified atom stereocenters. The lowest BCUT2D eigenvalue weighted by molar-refractivity contribution is 0.0182. The zero-order valence-corrected chi connectivity index (χ0v) is 16.7. The minimum absolute atomic E-state index is 0.0345. The number of aryl methyl sites for hydroxylation is 1. The number of aliphatic hydroxyl groups is 1. The van der Waals surface area contributed by atoms with Gasteiger partial charge in [-0.15, -0.1) is 0 Å². The van der Waals surface area contributed by atoms with Gasteiger partial charge in [-0.3, -0.25) is 9.78 Å². The maximum absolute atomic E-state index is 11.9. The van der Waals surface area contributed by atoms with Crippen LogP contribution in [0.2, 0.25) is 0 Å². The fraction of sp³-hybridized carbons (Fsp3) is 0.524. The van der Waals surface area contributed by atoms with Crippen molar-refractivity contribution in [1.82, 2.24) is 15.0 Å². The number of anilines is 2. The van der Waals surface area contributed by atoms with Gasteiger partial charge >= 0.3 is 0 Å². The topological polar surface area (TPSA) is 126 Å². The maximum Gasteiger partial charge on any atom is 0.254 e. The quantitative estimate of drug-likeness (QED) is 0.609. The Morgan fingerprint density at radius 3 is 2.93 bits per heavy atom. The highest BCUT2D eigenvalue weighted by Gasteiger charge is 2.31. The van der Waals surface area contributed by atoms with Gasteiger partial charge in [0.05, 0.1) is 11.2 Å². The number of nitrogens with one attached hydrogen (secondary N) is 2. The summed E-state index contributed by atoms with van der Waals surface area (Å²) in [6, 6.07) is 4.30. The predicted octanol–water partition coefficient (Wildman–Crippen LogP) is 2.05. The third-order valence-corrected chi connectivity index (χ3v) is 5.86. The number of amides is 1. The number of nitrogens with zero attached hydrogens (tertiary/aromatic N) is 3. The first-order valence-corrected chi connectivity index (χ1v) is 10.2. The summed E-state index contributed by atoms with van der Waals surface area (Å²) in [4.78, 5) is 25.2. The van der Waals surface area contributed by atoms with E-state index in [0.717, 1.165) is 44.2 Å². The number of fused-ring (bicyclic) bond motifs is 1. The highest BCUT2D eigenvalue weighted by Crippen LogP contribution is 2.30. The molecule has 154 valence electrons. The molecule has 0 aromatic carbocycles. The number of pyridine rings is 1. The van der Waals surface area contributed by atoms with E-state index in [9.17, 15) is 9.90 Å². The van der Waals surface area contributed by atoms with E-state index in [1.807, 2.05) is 19.2 Å². The minimum atomic E-state index is -0.708. The molecule has 3 atom stereocenters. The summed E-state index contributed by atoms with van der Waals surface area (Å²) in [5.74, 6) is 0.326. The van der Waals surface area contributed by atoms with Crippen molar-refractivity contribution in [3.8, 4) is 0 Å². The summed E-state index contributed by atoms with van der Waals surface area (Å²) in [6.07, 6.45) is 9.23. The zero-order chi connectivity index (χ0) is 20.4. The second-order valence-corrected chi connectivity index (χ2v) is 8.45. The molecule has 1 amide bonds. The van der Waals surface area contributed by atoms with Crippen LogP contribution in [0.5, 0.6) is 0 Å². The van der Waals surface area contributed by atoms with Gasteiger partial charge < -0.3 is 21.5 Å². The first kappa shape index (κ1) is 19.6. The van der Waals surface area contributed by atoms with Crippen LogP contribution in [0.1, 0.15) is 60.6 Å². The van der Waals surface area contributed by atoms with Crippen LogP contribution in [-0.4, -0.2) is 43.7 Å². The Hall–Kier alpha value is -2.74. The van der Waals surface area contributed by atoms with Crippen LogP contribution in [0.4, 0.5) is 11.8 Å². The molecule has 1 fully saturated rings. The molecule has 2 heterocycles. The van der Waals surface area contributed by atoms with Crippen LogP contribution >= 0.6 is 0 Å². The van der Waals surface area contributed by atoms with Crippen molar-refractivity contribution in [2.75, 3.05) is 10.6 Å². The van der Waals surface area contributed by atoms with Crippen LogP contribution in [0, 0.1) is 0 Å². The highest BCUT2D eigenvalue weighted by molar-refractivity contribution is 5.97. The van der Waals surface area contributed by atoms with Gasteiger partial charge in [0.25, 0.3) is 5.91 Å². The Morgan fingerprint density at radius 2 is 2.14 bits per heavy atom. The Labute approximate surface area is 170 Å². The highest BCUT2D eigenvalue weighted by atomic mass is 16.3. The van der Waals surface area contributed by atoms with Crippen molar-refractivity contribution in [2.45, 2.75) is 69.6 Å². The van der Waals surface area contributed by atoms with Crippen LogP contribution in [0.15, 0.2) is 24.5 Å². The van der Waals surface area contributed by atoms with Crippen molar-refractivity contribution < 1.29 is 9.90 Å². The number of nitrogens with two attached hydrogens (primary N) is 1. The van der Waals surface area contributed by atoms with Crippen molar-refractivity contribution in [1.29, 1.82) is 0 Å². The van der Waals surface area contributed by atoms with E-state index >= 15 is 0 Å². The average Bonchev–Trinajstić information content (AvgIpc) is 2.67. The normalized spacial score (nSPS) is 26.4. The first-order chi connectivity index (χ1) is 13.9. The number of hydrogen-bond acceptors (Lipinski definition) is 7. The molecule has 4 rings (SSSR count). The fourth-order valence-electron chi connectivity index (χ4n) is 4.39. The van der Waals surface area contributed by atoms with Crippen LogP contribution < -0.4 is 16.4 Å². The number of primary amides is 1. The van der Waals surface area contributed by atoms with E-state index in [0.29, 0.717) is 18.2 Å². The van der Waals surface area contributed by atoms with Crippen LogP contribution in [0.3, 0.4) is 0 Å². The molecule has 2 aliphatic rings. The summed E-state index contributed by atoms with van der Waals surface area (Å²) < 4.78 is 0. The van der Waals surface area contributed by atoms with Gasteiger partial charge in [0.2, 0.25) is 5.95 Å². The lowest BCUT2D eigenvalue weighted by Crippen LogP contribution is -2.38. The smallest absolute Gasteiger partial charge is 0.254 e. The van der Waals surface area contributed by atoms with E-state index < -0.39 is 11.5 Å². The predicted molar refractivity (Wildman–Crippen MR) is 111 cm³/mol. The third kappa shape index (κ3) is 4.64. The van der Waals surface area contributed by atoms with Gasteiger partial charge in [0.1, 0.15) is 5.82 Å². The van der Waals surface area contributed by atoms with E-state index in [1.54, 1.807) is 0 Å². The van der Waals surface area contributed by atoms with Gasteiger partial charge in [0, 0.05) is 30.2 Å². The molecule has 8 heteroatoms. The van der Waals surface area contributed by atoms with Crippen LogP contribution in [0.25, 0.3) is 0 Å². The average molecular weight is 396 g/mol. The van der Waals surface area contributed by atoms with E-state index in [4.69, 9.17) is 5.73 Å². The molecule has 0 radical (unpaired) electrons. The van der Waals surface area contributed by atoms with E-state index in [-0.39, 0.29) is 17.6 Å². The molecule has 1 saturated carbocycles. The monoisotopic (exact) mass is 396 g/mol. The summed E-state index contributed by atoms with van der Waals surface area (Å²) in [5, 5.41) is 17.1. The molecule has 0 saturated heterocycles. The van der Waals surface area contributed by atoms with Crippen molar-refractivity contribution in [3.05, 3.63) is 41.3 Å². The number of carbonyl (C=O) groups excluding carboxylic acids is 1. The van der Waals surface area contributed by atoms with Gasteiger partial charge in [-0.2, -0.15) is 4.98 Å². The van der Waals surface area contributed by atoms with Crippen molar-refractivity contribution >= 4 is 17.7 Å². The number of rotatable bonds is 5. The van der Waals surface area contributed by atoms with Gasteiger partial charge in [-0.05, 0) is 63.5 Å². The zero-order valence-electron chi connectivity index (χ0n) is 16.7. The minimum Gasteiger partial charge on any atom is -0.390 e. The summed E-state index contributed by atoms with van der Waals surface area (Å²) >= 11 is 0. The third-order valence-electron chi connectivity index (χ3n) is 5.86. The Kier molecular flexibility index (Phi) is 5.36. The number of hydrogen-bond donors (Lipinski definition) is 4. The molecule has 2 aromatic heterocycles. The summed E-state index contributed by atoms with van der Waals surface area (Å²) in [7, 11) is 0. The Bertz CT molecular complexity index is 900. The molecule has 8 nitrogen and oxygen atoms in total. The maximum atomic E-state index is 11.9. The molecular formula is C21H28N6O2. The molecule has 2 aliphatic carbocycles. The second kappa shape index (κ2) is 7.94. The SMILES string of the molecule is C[C@]1(O)CCC[C@@H](Nc2nc(N[C@H]3CCc4ncccc4C3)ncc2C(N)=O)C1. The molecular weight excluding hydrogens is 368 g/mol. The second-order valence-electron chi connectivity index (χ2n) is 8.45. The lowest BCUT2D eigenvalue weighted by atomic mass is 9.83. The standard InChI is InChI=1S/C21H28N6O2/c1-21(29)8-2-5-15(11-21)25-19-16(18(22)28)12-24-20(27-19)26-14-6-7-17-13(10-14)4-3-9-23-17/h3-4,9,12,14-15,29H,2,5-8,10-11H2,1H3,(H2,22,28)(H2,24,25,26,27)/t14-,15+,21-/m0/s1. The Morgan fingerprint density at radius 1 is 1.28 bits per heavy atom. The molecule has 0 aliphatic heterocycles. The van der Waals surface area contributed by atoms with Gasteiger partial charge in [-0.1, -0.05) is 6.07 Å². The molecule has 0 bridgehead atoms. The first-order valence-electron chi connectivity index (χ1n) is 10.2. The molecule has 5 N–H and O–H groups in total. The number of aromatic nitrogens is 3. The Balaban J connectivity index is 1.50. The van der Waals surface area contributed by atoms with Crippen LogP contribution in [-0.2, 0) is 12.8 Å². The lowest BCUT2D eigenvalue weighted by Gasteiger charge is -2.34. The summed E-state index contributed by atoms with van der Waals surface area (Å²) in [6.45, 7) is 1.85. The van der Waals surface area contributed by atoms with Crippen molar-refractivity contribution in [2.24, 2.45) is 5.73 Å². The van der Waals surface area contributed by atoms with Crippen molar-refractivity contribution in [3.63, 3.8) is 0 Å². The molecule has 29 heavy (non-hydrogen) atoms. The largest absolute Gasteiger partial charge is 0.390 e. The van der Waals surface area contributed by atoms with E-state index in [2.05, 4.69) is 31.7 Å². The van der Waals surface area contributed by atoms with Gasteiger partial charge in [-0.25, -0.2) is 4.98 Å². The molecule has 0 spiro atoms. The molecule has 2 aromatic rings. The number of carbonyl (C=O) groups is 1. The van der Waals surface area contributed by atoms with Gasteiger partial charge in [0.15, 0.2) is 0 Å². The fourth-order valence-corrected chi connectivity index (χ4v) is 4.39. The summed E-state index contributed by atoms with van der Waals surface area (Å²) in [5.41, 5.74) is 7.48. The van der Waals surface area contributed by atoms with E-state index in [1.165, 1.54) is 11.8 Å².